The van der Waals surface area contributed by atoms with Crippen molar-refractivity contribution < 1.29 is 23.9 Å². The van der Waals surface area contributed by atoms with Crippen LogP contribution in [0.2, 0.25) is 0 Å². The molecule has 0 atom stereocenters. The van der Waals surface area contributed by atoms with Gasteiger partial charge in [-0.15, -0.1) is 0 Å². The summed E-state index contributed by atoms with van der Waals surface area (Å²) in [6.45, 7) is 8.75. The third-order valence-electron chi connectivity index (χ3n) is 2.97. The van der Waals surface area contributed by atoms with Crippen molar-refractivity contribution in [1.29, 1.82) is 0 Å². The molecular formula is C18H26N4O5. The maximum Gasteiger partial charge on any atom is 0.428 e. The summed E-state index contributed by atoms with van der Waals surface area (Å²) in [6.07, 6.45) is -0.640. The quantitative estimate of drug-likeness (QED) is 0.399. The van der Waals surface area contributed by atoms with Crippen molar-refractivity contribution in [2.45, 2.75) is 40.2 Å². The van der Waals surface area contributed by atoms with Crippen LogP contribution >= 0.6 is 0 Å². The van der Waals surface area contributed by atoms with Gasteiger partial charge in [0.25, 0.3) is 0 Å². The fraction of sp³-hybridized carbons (Fsp3) is 0.444. The van der Waals surface area contributed by atoms with Crippen LogP contribution in [0.25, 0.3) is 0 Å². The summed E-state index contributed by atoms with van der Waals surface area (Å²) in [4.78, 5) is 34.5. The summed E-state index contributed by atoms with van der Waals surface area (Å²) in [5, 5.41) is 8.97. The van der Waals surface area contributed by atoms with Crippen molar-refractivity contribution in [3.8, 4) is 0 Å². The molecule has 1 rings (SSSR count). The van der Waals surface area contributed by atoms with E-state index in [1.54, 1.807) is 58.9 Å². The fourth-order valence-corrected chi connectivity index (χ4v) is 1.83. The molecule has 0 radical (unpaired) electrons. The highest BCUT2D eigenvalue weighted by Crippen LogP contribution is 2.10. The molecule has 0 unspecified atom stereocenters. The normalized spacial score (nSPS) is 11.4. The van der Waals surface area contributed by atoms with Gasteiger partial charge in [0.1, 0.15) is 12.1 Å². The molecule has 0 fully saturated rings. The number of anilines is 1. The monoisotopic (exact) mass is 378 g/mol. The van der Waals surface area contributed by atoms with Gasteiger partial charge in [-0.3, -0.25) is 4.79 Å². The lowest BCUT2D eigenvalue weighted by molar-refractivity contribution is -0.141. The Kier molecular flexibility index (Phi) is 8.25. The van der Waals surface area contributed by atoms with Crippen molar-refractivity contribution in [1.82, 2.24) is 10.7 Å². The molecule has 0 bridgehead atoms. The molecule has 0 aliphatic rings. The van der Waals surface area contributed by atoms with Gasteiger partial charge in [0.2, 0.25) is 0 Å². The number of rotatable bonds is 6. The second-order valence-corrected chi connectivity index (χ2v) is 6.50. The Morgan fingerprint density at radius 1 is 1.11 bits per heavy atom. The Balaban J connectivity index is 2.55. The van der Waals surface area contributed by atoms with Crippen LogP contribution in [0.4, 0.5) is 15.3 Å². The van der Waals surface area contributed by atoms with Crippen LogP contribution < -0.4 is 16.1 Å². The minimum atomic E-state index is -0.640. The van der Waals surface area contributed by atoms with E-state index in [4.69, 9.17) is 9.47 Å². The maximum absolute atomic E-state index is 11.7. The van der Waals surface area contributed by atoms with Gasteiger partial charge in [-0.1, -0.05) is 12.1 Å². The molecular weight excluding hydrogens is 352 g/mol. The lowest BCUT2D eigenvalue weighted by Gasteiger charge is -2.18. The van der Waals surface area contributed by atoms with Gasteiger partial charge < -0.3 is 20.1 Å². The van der Waals surface area contributed by atoms with Crippen molar-refractivity contribution in [3.63, 3.8) is 0 Å². The zero-order chi connectivity index (χ0) is 20.4. The Labute approximate surface area is 158 Å². The van der Waals surface area contributed by atoms with Gasteiger partial charge >= 0.3 is 18.1 Å². The number of amides is 3. The molecule has 0 aliphatic carbocycles. The molecule has 0 saturated carbocycles. The first kappa shape index (κ1) is 21.9. The molecule has 0 aromatic heterocycles. The van der Waals surface area contributed by atoms with Crippen LogP contribution in [0.3, 0.4) is 0 Å². The minimum Gasteiger partial charge on any atom is -0.465 e. The van der Waals surface area contributed by atoms with Gasteiger partial charge in [-0.2, -0.15) is 5.10 Å². The standard InChI is InChI=1S/C18H26N4O5/c1-6-26-15(23)11-19-16(24)20-14-9-7-13(8-10-14)12(2)21-22-17(25)27-18(3,4)5/h7-10H,6,11H2,1-5H3,(H,22,25)(H2,19,20,24). The number of hydrogen-bond acceptors (Lipinski definition) is 6. The molecule has 27 heavy (non-hydrogen) atoms. The number of ether oxygens (including phenoxy) is 2. The number of carbonyl (C=O) groups excluding carboxylic acids is 3. The van der Waals surface area contributed by atoms with Gasteiger partial charge in [-0.05, 0) is 52.3 Å². The predicted octanol–water partition coefficient (Wildman–Crippen LogP) is 2.62. The third kappa shape index (κ3) is 9.24. The summed E-state index contributed by atoms with van der Waals surface area (Å²) in [7, 11) is 0. The minimum absolute atomic E-state index is 0.208. The lowest BCUT2D eigenvalue weighted by Crippen LogP contribution is -2.34. The topological polar surface area (TPSA) is 118 Å². The van der Waals surface area contributed by atoms with E-state index in [9.17, 15) is 14.4 Å². The number of nitrogens with zero attached hydrogens (tertiary/aromatic N) is 1. The van der Waals surface area contributed by atoms with E-state index in [1.807, 2.05) is 0 Å². The average Bonchev–Trinajstić information content (AvgIpc) is 2.57. The van der Waals surface area contributed by atoms with E-state index in [2.05, 4.69) is 21.2 Å². The van der Waals surface area contributed by atoms with Crippen LogP contribution in [-0.2, 0) is 14.3 Å². The Hall–Kier alpha value is -3.10. The lowest BCUT2D eigenvalue weighted by atomic mass is 10.1. The average molecular weight is 378 g/mol. The van der Waals surface area contributed by atoms with Crippen LogP contribution in [0.1, 0.15) is 40.2 Å². The molecule has 148 valence electrons. The largest absolute Gasteiger partial charge is 0.465 e. The van der Waals surface area contributed by atoms with Crippen molar-refractivity contribution in [2.24, 2.45) is 5.10 Å². The number of carbonyl (C=O) groups is 3. The van der Waals surface area contributed by atoms with E-state index in [0.717, 1.165) is 5.56 Å². The number of benzene rings is 1. The van der Waals surface area contributed by atoms with Crippen molar-refractivity contribution >= 4 is 29.5 Å². The summed E-state index contributed by atoms with van der Waals surface area (Å²) in [6, 6.07) is 6.29. The van der Waals surface area contributed by atoms with Crippen LogP contribution in [0, 0.1) is 0 Å². The summed E-state index contributed by atoms with van der Waals surface area (Å²) >= 11 is 0. The zero-order valence-electron chi connectivity index (χ0n) is 16.2. The molecule has 0 aliphatic heterocycles. The molecule has 9 nitrogen and oxygen atoms in total. The fourth-order valence-electron chi connectivity index (χ4n) is 1.83. The molecule has 0 spiro atoms. The molecule has 0 saturated heterocycles. The summed E-state index contributed by atoms with van der Waals surface area (Å²) in [5.74, 6) is -0.507. The van der Waals surface area contributed by atoms with E-state index in [-0.39, 0.29) is 13.2 Å². The molecule has 1 aromatic carbocycles. The van der Waals surface area contributed by atoms with Gasteiger partial charge in [0.15, 0.2) is 0 Å². The van der Waals surface area contributed by atoms with Gasteiger partial charge in [0, 0.05) is 5.69 Å². The molecule has 0 heterocycles. The number of hydrazone groups is 1. The van der Waals surface area contributed by atoms with Crippen LogP contribution in [0.5, 0.6) is 0 Å². The van der Waals surface area contributed by atoms with E-state index in [0.29, 0.717) is 11.4 Å². The molecule has 9 heteroatoms. The maximum atomic E-state index is 11.7. The highest BCUT2D eigenvalue weighted by atomic mass is 16.6. The SMILES string of the molecule is CCOC(=O)CNC(=O)Nc1ccc(C(C)=NNC(=O)OC(C)(C)C)cc1. The number of urea groups is 1. The second-order valence-electron chi connectivity index (χ2n) is 6.50. The Morgan fingerprint density at radius 2 is 1.74 bits per heavy atom. The van der Waals surface area contributed by atoms with Crippen LogP contribution in [-0.4, -0.2) is 42.6 Å². The number of nitrogens with one attached hydrogen (secondary N) is 3. The Morgan fingerprint density at radius 3 is 2.30 bits per heavy atom. The zero-order valence-corrected chi connectivity index (χ0v) is 16.2. The summed E-state index contributed by atoms with van der Waals surface area (Å²) in [5.41, 5.74) is 3.58. The van der Waals surface area contributed by atoms with E-state index >= 15 is 0 Å². The Bertz CT molecular complexity index is 693. The van der Waals surface area contributed by atoms with Crippen molar-refractivity contribution in [3.05, 3.63) is 29.8 Å². The molecule has 3 amide bonds. The number of hydrogen-bond donors (Lipinski definition) is 3. The van der Waals surface area contributed by atoms with E-state index in [1.165, 1.54) is 0 Å². The van der Waals surface area contributed by atoms with E-state index < -0.39 is 23.7 Å². The predicted molar refractivity (Wildman–Crippen MR) is 102 cm³/mol. The highest BCUT2D eigenvalue weighted by Gasteiger charge is 2.15. The van der Waals surface area contributed by atoms with Crippen molar-refractivity contribution in [2.75, 3.05) is 18.5 Å². The first-order chi connectivity index (χ1) is 12.6. The van der Waals surface area contributed by atoms with Gasteiger partial charge in [0.05, 0.1) is 12.3 Å². The smallest absolute Gasteiger partial charge is 0.428 e. The second kappa shape index (κ2) is 10.1. The number of esters is 1. The van der Waals surface area contributed by atoms with Crippen LogP contribution in [0.15, 0.2) is 29.4 Å². The first-order valence-electron chi connectivity index (χ1n) is 8.45. The highest BCUT2D eigenvalue weighted by molar-refractivity contribution is 5.99. The van der Waals surface area contributed by atoms with Gasteiger partial charge in [-0.25, -0.2) is 15.0 Å². The first-order valence-corrected chi connectivity index (χ1v) is 8.45. The molecule has 1 aromatic rings. The summed E-state index contributed by atoms with van der Waals surface area (Å²) < 4.78 is 9.81. The third-order valence-corrected chi connectivity index (χ3v) is 2.97. The molecule has 3 N–H and O–H groups in total.